The first kappa shape index (κ1) is 21.4. The minimum absolute atomic E-state index is 0.0545. The average molecular weight is 414 g/mol. The highest BCUT2D eigenvalue weighted by Gasteiger charge is 2.21. The lowest BCUT2D eigenvalue weighted by Gasteiger charge is -2.14. The number of carbonyl (C=O) groups is 3. The molecule has 0 aliphatic heterocycles. The van der Waals surface area contributed by atoms with E-state index in [-0.39, 0.29) is 18.9 Å². The van der Waals surface area contributed by atoms with Crippen molar-refractivity contribution in [2.75, 3.05) is 11.9 Å². The molecule has 2 amide bonds. The number of rotatable bonds is 8. The predicted octanol–water partition coefficient (Wildman–Crippen LogP) is 3.25. The lowest BCUT2D eigenvalue weighted by Crippen LogP contribution is -2.31. The van der Waals surface area contributed by atoms with E-state index in [1.807, 2.05) is 5.32 Å². The molecule has 28 heavy (non-hydrogen) atoms. The van der Waals surface area contributed by atoms with Gasteiger partial charge < -0.3 is 15.4 Å². The van der Waals surface area contributed by atoms with Crippen LogP contribution in [0.3, 0.4) is 0 Å². The second-order valence-electron chi connectivity index (χ2n) is 5.72. The number of esters is 1. The fourth-order valence-electron chi connectivity index (χ4n) is 2.10. The van der Waals surface area contributed by atoms with Gasteiger partial charge in [0.25, 0.3) is 11.8 Å². The van der Waals surface area contributed by atoms with Crippen molar-refractivity contribution in [2.45, 2.75) is 25.9 Å². The number of halogens is 3. The number of nitrogens with one attached hydrogen (secondary N) is 2. The first-order chi connectivity index (χ1) is 13.3. The first-order valence-corrected chi connectivity index (χ1v) is 9.18. The third-order valence-corrected chi connectivity index (χ3v) is 4.28. The van der Waals surface area contributed by atoms with Gasteiger partial charge in [-0.15, -0.1) is 0 Å². The number of hydrogen-bond donors (Lipinski definition) is 2. The maximum Gasteiger partial charge on any atom is 0.306 e. The maximum absolute atomic E-state index is 13.6. The third kappa shape index (κ3) is 5.81. The molecule has 0 fully saturated rings. The van der Waals surface area contributed by atoms with Gasteiger partial charge in [-0.25, -0.2) is 13.2 Å². The summed E-state index contributed by atoms with van der Waals surface area (Å²) in [5.41, 5.74) is -0.0368. The SMILES string of the molecule is CC(OC(=O)CCCNC(=O)c1ccsc1)C(=O)Nc1ccc(F)c(F)c1F. The van der Waals surface area contributed by atoms with Gasteiger partial charge in [0.15, 0.2) is 23.6 Å². The standard InChI is InChI=1S/C18H17F3N2O4S/c1-10(17(25)23-13-5-4-12(19)15(20)16(13)21)27-14(24)3-2-7-22-18(26)11-6-8-28-9-11/h4-6,8-10H,2-3,7H2,1H3,(H,22,26)(H,23,25). The van der Waals surface area contributed by atoms with Crippen LogP contribution in [-0.4, -0.2) is 30.4 Å². The number of hydrogen-bond acceptors (Lipinski definition) is 5. The van der Waals surface area contributed by atoms with Gasteiger partial charge in [-0.3, -0.25) is 14.4 Å². The molecular weight excluding hydrogens is 397 g/mol. The fraction of sp³-hybridized carbons (Fsp3) is 0.278. The minimum Gasteiger partial charge on any atom is -0.453 e. The summed E-state index contributed by atoms with van der Waals surface area (Å²) in [6.07, 6.45) is -1.04. The van der Waals surface area contributed by atoms with E-state index in [9.17, 15) is 27.6 Å². The summed E-state index contributed by atoms with van der Waals surface area (Å²) in [5.74, 6) is -6.50. The normalized spacial score (nSPS) is 11.6. The van der Waals surface area contributed by atoms with E-state index in [1.165, 1.54) is 18.3 Å². The molecule has 2 N–H and O–H groups in total. The molecule has 150 valence electrons. The van der Waals surface area contributed by atoms with E-state index in [4.69, 9.17) is 4.74 Å². The van der Waals surface area contributed by atoms with Gasteiger partial charge >= 0.3 is 5.97 Å². The van der Waals surface area contributed by atoms with Gasteiger partial charge in [-0.2, -0.15) is 11.3 Å². The highest BCUT2D eigenvalue weighted by molar-refractivity contribution is 7.08. The monoisotopic (exact) mass is 414 g/mol. The van der Waals surface area contributed by atoms with E-state index in [0.717, 1.165) is 6.07 Å². The molecule has 0 aliphatic rings. The van der Waals surface area contributed by atoms with Crippen molar-refractivity contribution >= 4 is 34.8 Å². The van der Waals surface area contributed by atoms with Crippen LogP contribution in [0, 0.1) is 17.5 Å². The van der Waals surface area contributed by atoms with E-state index >= 15 is 0 Å². The number of anilines is 1. The zero-order valence-corrected chi connectivity index (χ0v) is 15.6. The maximum atomic E-state index is 13.6. The van der Waals surface area contributed by atoms with Crippen molar-refractivity contribution in [3.05, 3.63) is 52.0 Å². The molecule has 1 heterocycles. The van der Waals surface area contributed by atoms with Gasteiger partial charge in [0.1, 0.15) is 0 Å². The summed E-state index contributed by atoms with van der Waals surface area (Å²) in [7, 11) is 0. The van der Waals surface area contributed by atoms with Crippen LogP contribution in [0.15, 0.2) is 29.0 Å². The van der Waals surface area contributed by atoms with Crippen molar-refractivity contribution in [1.82, 2.24) is 5.32 Å². The van der Waals surface area contributed by atoms with Crippen LogP contribution in [0.5, 0.6) is 0 Å². The molecule has 6 nitrogen and oxygen atoms in total. The van der Waals surface area contributed by atoms with Gasteiger partial charge in [0, 0.05) is 23.9 Å². The Morgan fingerprint density at radius 1 is 1.14 bits per heavy atom. The molecule has 1 aromatic carbocycles. The Labute approximate surface area is 162 Å². The Morgan fingerprint density at radius 3 is 2.57 bits per heavy atom. The number of thiophene rings is 1. The Morgan fingerprint density at radius 2 is 1.89 bits per heavy atom. The molecule has 0 bridgehead atoms. The summed E-state index contributed by atoms with van der Waals surface area (Å²) >= 11 is 1.39. The Kier molecular flexibility index (Phi) is 7.56. The van der Waals surface area contributed by atoms with E-state index in [1.54, 1.807) is 16.8 Å². The summed E-state index contributed by atoms with van der Waals surface area (Å²) < 4.78 is 44.5. The lowest BCUT2D eigenvalue weighted by atomic mass is 10.2. The second kappa shape index (κ2) is 9.88. The van der Waals surface area contributed by atoms with Crippen LogP contribution < -0.4 is 10.6 Å². The van der Waals surface area contributed by atoms with E-state index < -0.39 is 41.1 Å². The van der Waals surface area contributed by atoms with E-state index in [2.05, 4.69) is 5.32 Å². The molecule has 1 aromatic heterocycles. The fourth-order valence-corrected chi connectivity index (χ4v) is 2.73. The predicted molar refractivity (Wildman–Crippen MR) is 96.4 cm³/mol. The van der Waals surface area contributed by atoms with E-state index in [0.29, 0.717) is 18.1 Å². The number of ether oxygens (including phenoxy) is 1. The molecular formula is C18H17F3N2O4S. The first-order valence-electron chi connectivity index (χ1n) is 8.24. The molecule has 0 saturated carbocycles. The topological polar surface area (TPSA) is 84.5 Å². The smallest absolute Gasteiger partial charge is 0.306 e. The van der Waals surface area contributed by atoms with Crippen molar-refractivity contribution in [3.8, 4) is 0 Å². The highest BCUT2D eigenvalue weighted by Crippen LogP contribution is 2.20. The summed E-state index contributed by atoms with van der Waals surface area (Å²) in [5, 5.41) is 8.13. The molecule has 2 rings (SSSR count). The van der Waals surface area contributed by atoms with Gasteiger partial charge in [-0.1, -0.05) is 0 Å². The Hall–Kier alpha value is -2.88. The van der Waals surface area contributed by atoms with Crippen molar-refractivity contribution in [3.63, 3.8) is 0 Å². The van der Waals surface area contributed by atoms with Gasteiger partial charge in [0.2, 0.25) is 0 Å². The number of benzene rings is 1. The largest absolute Gasteiger partial charge is 0.453 e. The van der Waals surface area contributed by atoms with Gasteiger partial charge in [0.05, 0.1) is 5.69 Å². The average Bonchev–Trinajstić information content (AvgIpc) is 3.20. The highest BCUT2D eigenvalue weighted by atomic mass is 32.1. The van der Waals surface area contributed by atoms with Crippen LogP contribution >= 0.6 is 11.3 Å². The third-order valence-electron chi connectivity index (χ3n) is 3.60. The molecule has 0 aliphatic carbocycles. The van der Waals surface area contributed by atoms with Crippen molar-refractivity contribution < 1.29 is 32.3 Å². The molecule has 2 aromatic rings. The van der Waals surface area contributed by atoms with Gasteiger partial charge in [-0.05, 0) is 36.9 Å². The lowest BCUT2D eigenvalue weighted by molar-refractivity contribution is -0.153. The zero-order valence-electron chi connectivity index (χ0n) is 14.8. The molecule has 10 heteroatoms. The van der Waals surface area contributed by atoms with Crippen LogP contribution in [0.2, 0.25) is 0 Å². The Balaban J connectivity index is 1.73. The summed E-state index contributed by atoms with van der Waals surface area (Å²) in [6.45, 7) is 1.49. The molecule has 1 atom stereocenters. The molecule has 1 unspecified atom stereocenters. The number of amides is 2. The molecule has 0 radical (unpaired) electrons. The van der Waals surface area contributed by atoms with Crippen LogP contribution in [0.4, 0.5) is 18.9 Å². The van der Waals surface area contributed by atoms with Crippen LogP contribution in [0.1, 0.15) is 30.1 Å². The molecule has 0 spiro atoms. The minimum atomic E-state index is -1.72. The van der Waals surface area contributed by atoms with Crippen LogP contribution in [0.25, 0.3) is 0 Å². The Bertz CT molecular complexity index is 859. The second-order valence-corrected chi connectivity index (χ2v) is 6.50. The summed E-state index contributed by atoms with van der Waals surface area (Å²) in [6, 6.07) is 3.19. The quantitative estimate of drug-likeness (QED) is 0.395. The summed E-state index contributed by atoms with van der Waals surface area (Å²) in [4.78, 5) is 35.4. The van der Waals surface area contributed by atoms with Crippen molar-refractivity contribution in [2.24, 2.45) is 0 Å². The molecule has 0 saturated heterocycles. The zero-order chi connectivity index (χ0) is 20.7. The van der Waals surface area contributed by atoms with Crippen molar-refractivity contribution in [1.29, 1.82) is 0 Å². The number of carbonyl (C=O) groups excluding carboxylic acids is 3. The van der Waals surface area contributed by atoms with Crippen LogP contribution in [-0.2, 0) is 14.3 Å².